The number of benzene rings is 2. The van der Waals surface area contributed by atoms with Crippen molar-refractivity contribution in [2.75, 3.05) is 0 Å². The number of ketones is 1. The first-order valence-corrected chi connectivity index (χ1v) is 6.61. The molecule has 0 fully saturated rings. The zero-order chi connectivity index (χ0) is 14.0. The summed E-state index contributed by atoms with van der Waals surface area (Å²) < 4.78 is 0. The van der Waals surface area contributed by atoms with E-state index < -0.39 is 0 Å². The smallest absolute Gasteiger partial charge is 0.160 e. The van der Waals surface area contributed by atoms with Crippen molar-refractivity contribution < 1.29 is 4.79 Å². The van der Waals surface area contributed by atoms with Gasteiger partial charge in [-0.2, -0.15) is 0 Å². The standard InChI is InChI=1S/C18H20O/c1-13-9-5-7-11-16(13)18(3,4)17-12-8-6-10-15(17)14(2)19/h5-12H,1-4H3. The van der Waals surface area contributed by atoms with E-state index in [4.69, 9.17) is 0 Å². The second kappa shape index (κ2) is 5.00. The Morgan fingerprint density at radius 1 is 0.895 bits per heavy atom. The number of carbonyl (C=O) groups excluding carboxylic acids is 1. The van der Waals surface area contributed by atoms with Crippen LogP contribution in [-0.2, 0) is 5.41 Å². The molecule has 0 aromatic heterocycles. The van der Waals surface area contributed by atoms with Crippen LogP contribution in [0.1, 0.15) is 47.8 Å². The van der Waals surface area contributed by atoms with E-state index in [-0.39, 0.29) is 11.2 Å². The fourth-order valence-corrected chi connectivity index (χ4v) is 2.75. The lowest BCUT2D eigenvalue weighted by Crippen LogP contribution is -2.23. The second-order valence-corrected chi connectivity index (χ2v) is 5.54. The van der Waals surface area contributed by atoms with Crippen molar-refractivity contribution in [1.29, 1.82) is 0 Å². The number of aryl methyl sites for hydroxylation is 1. The van der Waals surface area contributed by atoms with Crippen LogP contribution in [0.3, 0.4) is 0 Å². The summed E-state index contributed by atoms with van der Waals surface area (Å²) in [6.45, 7) is 8.11. The summed E-state index contributed by atoms with van der Waals surface area (Å²) in [4.78, 5) is 11.8. The molecule has 1 heteroatoms. The zero-order valence-corrected chi connectivity index (χ0v) is 12.0. The molecule has 0 heterocycles. The zero-order valence-electron chi connectivity index (χ0n) is 12.0. The second-order valence-electron chi connectivity index (χ2n) is 5.54. The topological polar surface area (TPSA) is 17.1 Å². The van der Waals surface area contributed by atoms with Gasteiger partial charge in [0.15, 0.2) is 5.78 Å². The molecule has 0 N–H and O–H groups in total. The van der Waals surface area contributed by atoms with Gasteiger partial charge in [0.25, 0.3) is 0 Å². The molecule has 0 aliphatic rings. The SMILES string of the molecule is CC(=O)c1ccccc1C(C)(C)c1ccccc1C. The first kappa shape index (κ1) is 13.5. The normalized spacial score (nSPS) is 11.4. The highest BCUT2D eigenvalue weighted by molar-refractivity contribution is 5.96. The maximum absolute atomic E-state index is 11.8. The number of Topliss-reactive ketones (excluding diaryl/α,β-unsaturated/α-hetero) is 1. The van der Waals surface area contributed by atoms with Crippen LogP contribution in [0.25, 0.3) is 0 Å². The van der Waals surface area contributed by atoms with Gasteiger partial charge in [0, 0.05) is 11.0 Å². The van der Waals surface area contributed by atoms with Crippen molar-refractivity contribution in [3.05, 3.63) is 70.8 Å². The summed E-state index contributed by atoms with van der Waals surface area (Å²) in [6, 6.07) is 16.3. The third kappa shape index (κ3) is 2.46. The van der Waals surface area contributed by atoms with Gasteiger partial charge in [-0.25, -0.2) is 0 Å². The number of carbonyl (C=O) groups is 1. The Bertz CT molecular complexity index is 609. The molecule has 0 saturated carbocycles. The average Bonchev–Trinajstić information content (AvgIpc) is 2.39. The van der Waals surface area contributed by atoms with E-state index in [0.29, 0.717) is 0 Å². The van der Waals surface area contributed by atoms with Gasteiger partial charge in [-0.05, 0) is 30.5 Å². The molecule has 0 aliphatic heterocycles. The molecule has 2 aromatic carbocycles. The van der Waals surface area contributed by atoms with Crippen LogP contribution in [0.2, 0.25) is 0 Å². The molecule has 0 atom stereocenters. The van der Waals surface area contributed by atoms with E-state index in [2.05, 4.69) is 45.0 Å². The Balaban J connectivity index is 2.63. The Hall–Kier alpha value is -1.89. The molecule has 19 heavy (non-hydrogen) atoms. The molecule has 98 valence electrons. The highest BCUT2D eigenvalue weighted by atomic mass is 16.1. The average molecular weight is 252 g/mol. The molecule has 2 rings (SSSR count). The van der Waals surface area contributed by atoms with Crippen molar-refractivity contribution >= 4 is 5.78 Å². The summed E-state index contributed by atoms with van der Waals surface area (Å²) in [6.07, 6.45) is 0. The van der Waals surface area contributed by atoms with E-state index in [1.807, 2.05) is 24.3 Å². The van der Waals surface area contributed by atoms with Gasteiger partial charge in [-0.15, -0.1) is 0 Å². The summed E-state index contributed by atoms with van der Waals surface area (Å²) in [5.74, 6) is 0.122. The van der Waals surface area contributed by atoms with Gasteiger partial charge in [0.2, 0.25) is 0 Å². The maximum Gasteiger partial charge on any atom is 0.160 e. The van der Waals surface area contributed by atoms with E-state index in [1.54, 1.807) is 6.92 Å². The Morgan fingerprint density at radius 3 is 2.00 bits per heavy atom. The number of rotatable bonds is 3. The highest BCUT2D eigenvalue weighted by Gasteiger charge is 2.27. The van der Waals surface area contributed by atoms with Gasteiger partial charge in [0.1, 0.15) is 0 Å². The first-order chi connectivity index (χ1) is 8.94. The molecule has 2 aromatic rings. The van der Waals surface area contributed by atoms with Gasteiger partial charge >= 0.3 is 0 Å². The summed E-state index contributed by atoms with van der Waals surface area (Å²) in [5.41, 5.74) is 4.26. The Morgan fingerprint density at radius 2 is 1.42 bits per heavy atom. The summed E-state index contributed by atoms with van der Waals surface area (Å²) in [5, 5.41) is 0. The third-order valence-corrected chi connectivity index (χ3v) is 3.80. The van der Waals surface area contributed by atoms with Crippen molar-refractivity contribution in [3.8, 4) is 0 Å². The minimum atomic E-state index is -0.173. The van der Waals surface area contributed by atoms with Crippen molar-refractivity contribution in [1.82, 2.24) is 0 Å². The highest BCUT2D eigenvalue weighted by Crippen LogP contribution is 2.35. The van der Waals surface area contributed by atoms with Crippen LogP contribution in [0, 0.1) is 6.92 Å². The predicted octanol–water partition coefficient (Wildman–Crippen LogP) is 4.52. The molecule has 0 bridgehead atoms. The third-order valence-electron chi connectivity index (χ3n) is 3.80. The van der Waals surface area contributed by atoms with Crippen molar-refractivity contribution in [2.45, 2.75) is 33.1 Å². The molecule has 0 amide bonds. The molecular weight excluding hydrogens is 232 g/mol. The fraction of sp³-hybridized carbons (Fsp3) is 0.278. The minimum absolute atomic E-state index is 0.122. The predicted molar refractivity (Wildman–Crippen MR) is 79.8 cm³/mol. The minimum Gasteiger partial charge on any atom is -0.295 e. The number of hydrogen-bond donors (Lipinski definition) is 0. The largest absolute Gasteiger partial charge is 0.295 e. The lowest BCUT2D eigenvalue weighted by Gasteiger charge is -2.29. The van der Waals surface area contributed by atoms with E-state index in [9.17, 15) is 4.79 Å². The monoisotopic (exact) mass is 252 g/mol. The van der Waals surface area contributed by atoms with Crippen LogP contribution in [0.4, 0.5) is 0 Å². The lowest BCUT2D eigenvalue weighted by atomic mass is 9.74. The van der Waals surface area contributed by atoms with E-state index >= 15 is 0 Å². The van der Waals surface area contributed by atoms with Gasteiger partial charge < -0.3 is 0 Å². The van der Waals surface area contributed by atoms with Crippen molar-refractivity contribution in [3.63, 3.8) is 0 Å². The maximum atomic E-state index is 11.8. The Kier molecular flexibility index (Phi) is 3.57. The van der Waals surface area contributed by atoms with E-state index in [0.717, 1.165) is 11.1 Å². The van der Waals surface area contributed by atoms with Crippen LogP contribution >= 0.6 is 0 Å². The molecule has 0 spiro atoms. The van der Waals surface area contributed by atoms with Crippen LogP contribution in [0.5, 0.6) is 0 Å². The molecule has 0 unspecified atom stereocenters. The quantitative estimate of drug-likeness (QED) is 0.734. The van der Waals surface area contributed by atoms with Gasteiger partial charge in [-0.3, -0.25) is 4.79 Å². The fourth-order valence-electron chi connectivity index (χ4n) is 2.75. The van der Waals surface area contributed by atoms with E-state index in [1.165, 1.54) is 11.1 Å². The Labute approximate surface area is 115 Å². The molecule has 1 nitrogen and oxygen atoms in total. The first-order valence-electron chi connectivity index (χ1n) is 6.61. The van der Waals surface area contributed by atoms with Gasteiger partial charge in [0.05, 0.1) is 0 Å². The lowest BCUT2D eigenvalue weighted by molar-refractivity contribution is 0.101. The number of hydrogen-bond acceptors (Lipinski definition) is 1. The van der Waals surface area contributed by atoms with Crippen LogP contribution in [0.15, 0.2) is 48.5 Å². The van der Waals surface area contributed by atoms with Crippen LogP contribution < -0.4 is 0 Å². The molecule has 0 aliphatic carbocycles. The molecule has 0 saturated heterocycles. The summed E-state index contributed by atoms with van der Waals surface area (Å²) in [7, 11) is 0. The van der Waals surface area contributed by atoms with Crippen LogP contribution in [-0.4, -0.2) is 5.78 Å². The summed E-state index contributed by atoms with van der Waals surface area (Å²) >= 11 is 0. The molecule has 0 radical (unpaired) electrons. The van der Waals surface area contributed by atoms with Crippen molar-refractivity contribution in [2.24, 2.45) is 0 Å². The molecular formula is C18H20O. The van der Waals surface area contributed by atoms with Gasteiger partial charge in [-0.1, -0.05) is 62.4 Å².